The molecule has 1 aliphatic heterocycles. The van der Waals surface area contributed by atoms with Crippen LogP contribution in [0, 0.1) is 12.8 Å². The van der Waals surface area contributed by atoms with Crippen molar-refractivity contribution in [3.05, 3.63) is 11.1 Å². The molecule has 0 saturated carbocycles. The summed E-state index contributed by atoms with van der Waals surface area (Å²) in [6.07, 6.45) is 3.95. The van der Waals surface area contributed by atoms with E-state index in [2.05, 4.69) is 22.1 Å². The molecule has 2 heterocycles. The summed E-state index contributed by atoms with van der Waals surface area (Å²) in [6, 6.07) is 0. The van der Waals surface area contributed by atoms with Crippen molar-refractivity contribution in [3.63, 3.8) is 0 Å². The van der Waals surface area contributed by atoms with E-state index in [-0.39, 0.29) is 11.8 Å². The SMILES string of the molecule is CNC(=O)C1CCCN(c2ncc(C)s2)C1. The van der Waals surface area contributed by atoms with E-state index in [0.717, 1.165) is 31.1 Å². The first kappa shape index (κ1) is 11.4. The summed E-state index contributed by atoms with van der Waals surface area (Å²) in [6.45, 7) is 3.87. The van der Waals surface area contributed by atoms with Crippen molar-refractivity contribution in [2.24, 2.45) is 5.92 Å². The van der Waals surface area contributed by atoms with Gasteiger partial charge in [0.05, 0.1) is 5.92 Å². The maximum atomic E-state index is 11.6. The predicted octanol–water partition coefficient (Wildman–Crippen LogP) is 1.41. The van der Waals surface area contributed by atoms with Crippen LogP contribution < -0.4 is 10.2 Å². The minimum Gasteiger partial charge on any atom is -0.359 e. The molecule has 1 N–H and O–H groups in total. The minimum absolute atomic E-state index is 0.114. The lowest BCUT2D eigenvalue weighted by atomic mass is 9.98. The maximum Gasteiger partial charge on any atom is 0.224 e. The van der Waals surface area contributed by atoms with Gasteiger partial charge in [-0.05, 0) is 19.8 Å². The topological polar surface area (TPSA) is 45.2 Å². The largest absolute Gasteiger partial charge is 0.359 e. The van der Waals surface area contributed by atoms with Gasteiger partial charge in [-0.2, -0.15) is 0 Å². The highest BCUT2D eigenvalue weighted by Crippen LogP contribution is 2.26. The molecule has 1 atom stereocenters. The molecule has 16 heavy (non-hydrogen) atoms. The molecule has 1 amide bonds. The fourth-order valence-corrected chi connectivity index (χ4v) is 2.85. The van der Waals surface area contributed by atoms with Gasteiger partial charge in [-0.15, -0.1) is 11.3 Å². The van der Waals surface area contributed by atoms with Crippen molar-refractivity contribution in [1.29, 1.82) is 0 Å². The number of hydrogen-bond donors (Lipinski definition) is 1. The fourth-order valence-electron chi connectivity index (χ4n) is 2.06. The summed E-state index contributed by atoms with van der Waals surface area (Å²) in [4.78, 5) is 19.4. The van der Waals surface area contributed by atoms with Gasteiger partial charge in [0.15, 0.2) is 5.13 Å². The molecule has 1 unspecified atom stereocenters. The number of amides is 1. The first-order valence-electron chi connectivity index (χ1n) is 5.59. The molecule has 1 fully saturated rings. The number of anilines is 1. The molecule has 0 aromatic carbocycles. The molecule has 1 aliphatic rings. The zero-order chi connectivity index (χ0) is 11.5. The Kier molecular flexibility index (Phi) is 3.43. The lowest BCUT2D eigenvalue weighted by molar-refractivity contribution is -0.124. The van der Waals surface area contributed by atoms with Crippen molar-refractivity contribution < 1.29 is 4.79 Å². The molecule has 2 rings (SSSR count). The lowest BCUT2D eigenvalue weighted by Crippen LogP contribution is -2.42. The van der Waals surface area contributed by atoms with Crippen LogP contribution in [0.4, 0.5) is 5.13 Å². The average Bonchev–Trinajstić information content (AvgIpc) is 2.75. The van der Waals surface area contributed by atoms with E-state index in [1.807, 2.05) is 6.20 Å². The Labute approximate surface area is 99.7 Å². The van der Waals surface area contributed by atoms with E-state index in [1.54, 1.807) is 18.4 Å². The van der Waals surface area contributed by atoms with Gasteiger partial charge in [0.2, 0.25) is 5.91 Å². The third-order valence-corrected chi connectivity index (χ3v) is 3.89. The van der Waals surface area contributed by atoms with E-state index in [4.69, 9.17) is 0 Å². The van der Waals surface area contributed by atoms with Crippen LogP contribution >= 0.6 is 11.3 Å². The van der Waals surface area contributed by atoms with E-state index >= 15 is 0 Å². The van der Waals surface area contributed by atoms with Crippen LogP contribution in [0.5, 0.6) is 0 Å². The highest BCUT2D eigenvalue weighted by molar-refractivity contribution is 7.15. The van der Waals surface area contributed by atoms with Gasteiger partial charge in [-0.3, -0.25) is 4.79 Å². The molecule has 0 radical (unpaired) electrons. The maximum absolute atomic E-state index is 11.6. The number of rotatable bonds is 2. The second-order valence-electron chi connectivity index (χ2n) is 4.15. The Bertz CT molecular complexity index is 377. The van der Waals surface area contributed by atoms with Crippen molar-refractivity contribution in [3.8, 4) is 0 Å². The number of hydrogen-bond acceptors (Lipinski definition) is 4. The molecule has 1 saturated heterocycles. The molecule has 0 bridgehead atoms. The molecule has 1 aromatic rings. The molecule has 5 heteroatoms. The summed E-state index contributed by atoms with van der Waals surface area (Å²) >= 11 is 1.70. The second kappa shape index (κ2) is 4.82. The summed E-state index contributed by atoms with van der Waals surface area (Å²) < 4.78 is 0. The zero-order valence-corrected chi connectivity index (χ0v) is 10.5. The quantitative estimate of drug-likeness (QED) is 0.849. The molecular weight excluding hydrogens is 222 g/mol. The second-order valence-corrected chi connectivity index (χ2v) is 5.37. The number of nitrogens with one attached hydrogen (secondary N) is 1. The van der Waals surface area contributed by atoms with Gasteiger partial charge in [-0.25, -0.2) is 4.98 Å². The van der Waals surface area contributed by atoms with Crippen LogP contribution in [0.3, 0.4) is 0 Å². The number of carbonyl (C=O) groups is 1. The fraction of sp³-hybridized carbons (Fsp3) is 0.636. The first-order valence-corrected chi connectivity index (χ1v) is 6.41. The van der Waals surface area contributed by atoms with Crippen molar-refractivity contribution >= 4 is 22.4 Å². The molecular formula is C11H17N3OS. The van der Waals surface area contributed by atoms with E-state index in [9.17, 15) is 4.79 Å². The number of nitrogens with zero attached hydrogens (tertiary/aromatic N) is 2. The van der Waals surface area contributed by atoms with Crippen LogP contribution in [-0.2, 0) is 4.79 Å². The monoisotopic (exact) mass is 239 g/mol. The van der Waals surface area contributed by atoms with E-state index in [0.29, 0.717) is 0 Å². The van der Waals surface area contributed by atoms with Crippen molar-refractivity contribution in [2.75, 3.05) is 25.0 Å². The standard InChI is InChI=1S/C11H17N3OS/c1-8-6-13-11(16-8)14-5-3-4-9(7-14)10(15)12-2/h6,9H,3-5,7H2,1-2H3,(H,12,15). The zero-order valence-electron chi connectivity index (χ0n) is 9.69. The van der Waals surface area contributed by atoms with Gasteiger partial charge in [0, 0.05) is 31.2 Å². The lowest BCUT2D eigenvalue weighted by Gasteiger charge is -2.31. The van der Waals surface area contributed by atoms with Gasteiger partial charge in [0.25, 0.3) is 0 Å². The first-order chi connectivity index (χ1) is 7.70. The van der Waals surface area contributed by atoms with Crippen LogP contribution in [0.1, 0.15) is 17.7 Å². The third-order valence-electron chi connectivity index (χ3n) is 2.92. The Morgan fingerprint density at radius 3 is 3.12 bits per heavy atom. The normalized spacial score (nSPS) is 20.9. The Hall–Kier alpha value is -1.10. The summed E-state index contributed by atoms with van der Waals surface area (Å²) in [5, 5.41) is 3.78. The van der Waals surface area contributed by atoms with Crippen molar-refractivity contribution in [1.82, 2.24) is 10.3 Å². The van der Waals surface area contributed by atoms with Crippen LogP contribution in [-0.4, -0.2) is 31.0 Å². The highest BCUT2D eigenvalue weighted by Gasteiger charge is 2.26. The molecule has 88 valence electrons. The van der Waals surface area contributed by atoms with Gasteiger partial charge in [0.1, 0.15) is 0 Å². The summed E-state index contributed by atoms with van der Waals surface area (Å²) in [7, 11) is 1.70. The molecule has 1 aromatic heterocycles. The smallest absolute Gasteiger partial charge is 0.224 e. The number of aromatic nitrogens is 1. The third kappa shape index (κ3) is 2.35. The summed E-state index contributed by atoms with van der Waals surface area (Å²) in [5.41, 5.74) is 0. The van der Waals surface area contributed by atoms with Crippen LogP contribution in [0.2, 0.25) is 0 Å². The number of piperidine rings is 1. The highest BCUT2D eigenvalue weighted by atomic mass is 32.1. The number of aryl methyl sites for hydroxylation is 1. The van der Waals surface area contributed by atoms with Crippen LogP contribution in [0.25, 0.3) is 0 Å². The number of carbonyl (C=O) groups excluding carboxylic acids is 1. The predicted molar refractivity (Wildman–Crippen MR) is 65.9 cm³/mol. The number of thiazole rings is 1. The average molecular weight is 239 g/mol. The molecule has 4 nitrogen and oxygen atoms in total. The van der Waals surface area contributed by atoms with Crippen molar-refractivity contribution in [2.45, 2.75) is 19.8 Å². The Balaban J connectivity index is 2.04. The minimum atomic E-state index is 0.114. The van der Waals surface area contributed by atoms with Gasteiger partial charge in [-0.1, -0.05) is 0 Å². The van der Waals surface area contributed by atoms with E-state index < -0.39 is 0 Å². The van der Waals surface area contributed by atoms with Crippen LogP contribution in [0.15, 0.2) is 6.20 Å². The van der Waals surface area contributed by atoms with Gasteiger partial charge >= 0.3 is 0 Å². The van der Waals surface area contributed by atoms with Gasteiger partial charge < -0.3 is 10.2 Å². The molecule has 0 aliphatic carbocycles. The Morgan fingerprint density at radius 2 is 2.50 bits per heavy atom. The Morgan fingerprint density at radius 1 is 1.69 bits per heavy atom. The summed E-state index contributed by atoms with van der Waals surface area (Å²) in [5.74, 6) is 0.265. The van der Waals surface area contributed by atoms with E-state index in [1.165, 1.54) is 4.88 Å². The molecule has 0 spiro atoms.